The van der Waals surface area contributed by atoms with Crippen molar-refractivity contribution in [1.29, 1.82) is 0 Å². The fourth-order valence-corrected chi connectivity index (χ4v) is 0. The van der Waals surface area contributed by atoms with Crippen LogP contribution < -0.4 is 0 Å². The first-order chi connectivity index (χ1) is 0. The summed E-state index contributed by atoms with van der Waals surface area (Å²) >= 11 is 0. The van der Waals surface area contributed by atoms with Gasteiger partial charge in [-0.25, -0.2) is 0 Å². The summed E-state index contributed by atoms with van der Waals surface area (Å²) in [5, 5.41) is 0. The van der Waals surface area contributed by atoms with E-state index in [9.17, 15) is 0 Å². The van der Waals surface area contributed by atoms with Crippen molar-refractivity contribution in [2.45, 2.75) is 0 Å². The maximum absolute atomic E-state index is 0. The molecule has 0 N–H and O–H groups in total. The zero-order chi connectivity index (χ0) is 0. The molecule has 22 valence electrons. The molecule has 0 aromatic heterocycles. The number of rotatable bonds is 0. The van der Waals surface area contributed by atoms with Crippen molar-refractivity contribution >= 4 is 64.5 Å². The Labute approximate surface area is 64.1 Å². The van der Waals surface area contributed by atoms with Crippen molar-refractivity contribution < 1.29 is 0 Å². The van der Waals surface area contributed by atoms with Crippen LogP contribution in [0.5, 0.6) is 0 Å². The van der Waals surface area contributed by atoms with Crippen LogP contribution in [0, 0.1) is 0 Å². The van der Waals surface area contributed by atoms with Crippen molar-refractivity contribution in [3.05, 3.63) is 0 Å². The molecule has 0 nitrogen and oxygen atoms in total. The molecule has 0 saturated heterocycles. The van der Waals surface area contributed by atoms with Crippen LogP contribution in [0.1, 0.15) is 0 Å². The van der Waals surface area contributed by atoms with Gasteiger partial charge >= 0.3 is 39.7 Å². The molecule has 0 aliphatic heterocycles. The molecule has 0 unspecified atom stereocenters. The van der Waals surface area contributed by atoms with Crippen molar-refractivity contribution in [2.24, 2.45) is 0 Å². The van der Waals surface area contributed by atoms with E-state index < -0.39 is 0 Å². The average Bonchev–Trinajstić information content (AvgIpc) is 0. The topological polar surface area (TPSA) is 0 Å². The van der Waals surface area contributed by atoms with E-state index in [1.54, 1.807) is 0 Å². The Hall–Kier alpha value is 1.75. The number of halogens is 2. The van der Waals surface area contributed by atoms with Crippen LogP contribution in [0.25, 0.3) is 0 Å². The predicted molar refractivity (Wildman–Crippen MR) is 30.2 cm³/mol. The SMILES string of the molecule is Cl.Cl.[BeH2].[NaH]. The summed E-state index contributed by atoms with van der Waals surface area (Å²) < 4.78 is 0. The van der Waals surface area contributed by atoms with E-state index >= 15 is 0 Å². The third-order valence-corrected chi connectivity index (χ3v) is 0. The van der Waals surface area contributed by atoms with Crippen LogP contribution in [0.3, 0.4) is 0 Å². The summed E-state index contributed by atoms with van der Waals surface area (Å²) in [7, 11) is 0. The van der Waals surface area contributed by atoms with Gasteiger partial charge in [-0.3, -0.25) is 0 Å². The standard InChI is InChI=1S/Be.2ClH.Na.3H/h;2*1H;;;;. The Morgan fingerprint density at radius 2 is 0.750 bits per heavy atom. The summed E-state index contributed by atoms with van der Waals surface area (Å²) in [5.74, 6) is 0. The molecule has 0 rings (SSSR count). The first kappa shape index (κ1) is 42.4. The molecule has 0 aliphatic carbocycles. The average molecular weight is 108 g/mol. The van der Waals surface area contributed by atoms with Crippen LogP contribution in [0.4, 0.5) is 0 Å². The molecule has 0 atom stereocenters. The second kappa shape index (κ2) is 21.8. The second-order valence-corrected chi connectivity index (χ2v) is 0. The van der Waals surface area contributed by atoms with E-state index in [2.05, 4.69) is 0 Å². The predicted octanol–water partition coefficient (Wildman–Crippen LogP) is -0.721. The Morgan fingerprint density at radius 3 is 0.750 bits per heavy atom. The molecule has 0 amide bonds. The molecule has 0 fully saturated rings. The van der Waals surface area contributed by atoms with Crippen LogP contribution in [-0.2, 0) is 0 Å². The van der Waals surface area contributed by atoms with E-state index in [1.165, 1.54) is 0 Å². The van der Waals surface area contributed by atoms with Gasteiger partial charge in [0.15, 0.2) is 0 Å². The van der Waals surface area contributed by atoms with Gasteiger partial charge in [0, 0.05) is 0 Å². The van der Waals surface area contributed by atoms with Crippen LogP contribution >= 0.6 is 24.8 Å². The molecule has 0 aliphatic rings. The van der Waals surface area contributed by atoms with Gasteiger partial charge in [-0.2, -0.15) is 0 Å². The molecule has 0 aromatic rings. The zero-order valence-corrected chi connectivity index (χ0v) is 2.45. The Balaban J connectivity index is 0. The van der Waals surface area contributed by atoms with Crippen molar-refractivity contribution in [2.75, 3.05) is 0 Å². The third-order valence-electron chi connectivity index (χ3n) is 0. The van der Waals surface area contributed by atoms with Gasteiger partial charge in [0.25, 0.3) is 0 Å². The van der Waals surface area contributed by atoms with Crippen LogP contribution in [0.2, 0.25) is 0 Å². The molecular weight excluding hydrogens is 103 g/mol. The van der Waals surface area contributed by atoms with Crippen LogP contribution in [-0.4, -0.2) is 39.7 Å². The van der Waals surface area contributed by atoms with Gasteiger partial charge < -0.3 is 0 Å². The molecule has 4 heavy (non-hydrogen) atoms. The molecule has 0 spiro atoms. The normalized spacial score (nSPS) is 0. The molecule has 0 radical (unpaired) electrons. The minimum atomic E-state index is 0. The van der Waals surface area contributed by atoms with Gasteiger partial charge in [0.1, 0.15) is 0 Å². The molecule has 0 bridgehead atoms. The quantitative estimate of drug-likeness (QED) is 0.359. The van der Waals surface area contributed by atoms with Crippen molar-refractivity contribution in [3.8, 4) is 0 Å². The van der Waals surface area contributed by atoms with Gasteiger partial charge in [0.05, 0.1) is 0 Å². The maximum atomic E-state index is 0. The summed E-state index contributed by atoms with van der Waals surface area (Å²) in [6.07, 6.45) is 0. The molecular formula is H5BeCl2Na. The summed E-state index contributed by atoms with van der Waals surface area (Å²) in [4.78, 5) is 0. The molecule has 4 heteroatoms. The summed E-state index contributed by atoms with van der Waals surface area (Å²) in [6, 6.07) is 0. The summed E-state index contributed by atoms with van der Waals surface area (Å²) in [6.45, 7) is 0. The summed E-state index contributed by atoms with van der Waals surface area (Å²) in [5.41, 5.74) is 0. The van der Waals surface area contributed by atoms with Gasteiger partial charge in [-0.1, -0.05) is 0 Å². The van der Waals surface area contributed by atoms with Gasteiger partial charge in [-0.15, -0.1) is 24.8 Å². The second-order valence-electron chi connectivity index (χ2n) is 0. The van der Waals surface area contributed by atoms with E-state index in [1.807, 2.05) is 0 Å². The Morgan fingerprint density at radius 1 is 0.750 bits per heavy atom. The first-order valence-electron chi connectivity index (χ1n) is 0. The third kappa shape index (κ3) is 9.26. The molecule has 0 heterocycles. The van der Waals surface area contributed by atoms with Gasteiger partial charge in [0.2, 0.25) is 0 Å². The van der Waals surface area contributed by atoms with E-state index in [-0.39, 0.29) is 64.5 Å². The van der Waals surface area contributed by atoms with Crippen molar-refractivity contribution in [1.82, 2.24) is 0 Å². The zero-order valence-electron chi connectivity index (χ0n) is 0.816. The van der Waals surface area contributed by atoms with Crippen LogP contribution in [0.15, 0.2) is 0 Å². The Kier molecular flexibility index (Phi) is 231. The first-order valence-corrected chi connectivity index (χ1v) is 0. The van der Waals surface area contributed by atoms with E-state index in [0.29, 0.717) is 0 Å². The minimum absolute atomic E-state index is 0. The van der Waals surface area contributed by atoms with E-state index in [4.69, 9.17) is 0 Å². The fourth-order valence-electron chi connectivity index (χ4n) is 0. The molecule has 0 aromatic carbocycles. The van der Waals surface area contributed by atoms with Gasteiger partial charge in [-0.05, 0) is 0 Å². The van der Waals surface area contributed by atoms with E-state index in [0.717, 1.165) is 0 Å². The fraction of sp³-hybridized carbons (Fsp3) is 0. The number of hydrogen-bond donors (Lipinski definition) is 0. The molecule has 0 saturated carbocycles. The Bertz CT molecular complexity index is 6.00. The monoisotopic (exact) mass is 107 g/mol. The van der Waals surface area contributed by atoms with Crippen molar-refractivity contribution in [3.63, 3.8) is 0 Å². The number of hydrogen-bond acceptors (Lipinski definition) is 0.